The van der Waals surface area contributed by atoms with Gasteiger partial charge in [-0.3, -0.25) is 56.7 Å². The first-order valence-electron chi connectivity index (χ1n) is 39.7. The number of aliphatic hydroxyl groups excluding tert-OH is 1. The van der Waals surface area contributed by atoms with E-state index in [1.807, 2.05) is 0 Å². The second-order valence-corrected chi connectivity index (χ2v) is 48.2. The molecule has 0 amide bonds. The fourth-order valence-electron chi connectivity index (χ4n) is 16.5. The lowest BCUT2D eigenvalue weighted by Gasteiger charge is -2.30. The van der Waals surface area contributed by atoms with Crippen LogP contribution in [0.25, 0.3) is 44.7 Å². The Bertz CT molecular complexity index is 6710. The minimum atomic E-state index is -4.75. The van der Waals surface area contributed by atoms with Crippen LogP contribution in [0.5, 0.6) is 0 Å². The number of nitrogens with two attached hydrogens (primary N) is 5. The summed E-state index contributed by atoms with van der Waals surface area (Å²) in [5.41, 5.74) is 27.6. The van der Waals surface area contributed by atoms with E-state index in [-0.39, 0.29) is 86.0 Å². The van der Waals surface area contributed by atoms with E-state index in [2.05, 4.69) is 69.8 Å². The number of fused-ring (bicyclic) bond motifs is 4. The predicted molar refractivity (Wildman–Crippen MR) is 480 cm³/mol. The predicted octanol–water partition coefficient (Wildman–Crippen LogP) is -0.0979. The molecule has 718 valence electrons. The molecule has 11 unspecified atom stereocenters. The molecule has 16 rings (SSSR count). The van der Waals surface area contributed by atoms with Crippen LogP contribution in [0.2, 0.25) is 0 Å². The van der Waals surface area contributed by atoms with E-state index in [1.54, 1.807) is 41.5 Å². The smallest absolute Gasteiger partial charge is 0.351 e. The van der Waals surface area contributed by atoms with Gasteiger partial charge in [-0.1, -0.05) is 34.6 Å². The highest BCUT2D eigenvalue weighted by Gasteiger charge is 2.55. The first-order valence-corrected chi connectivity index (χ1v) is 55.2. The summed E-state index contributed by atoms with van der Waals surface area (Å²) < 4.78 is 114. The number of ether oxygens (including phenoxy) is 6. The second-order valence-electron chi connectivity index (χ2n) is 31.7. The van der Waals surface area contributed by atoms with Crippen LogP contribution in [-0.2, 0) is 149 Å². The molecule has 0 saturated carbocycles. The molecule has 55 nitrogen and oxygen atoms in total. The molecule has 0 spiro atoms. The van der Waals surface area contributed by atoms with Gasteiger partial charge in [0.1, 0.15) is 134 Å². The molecular formula is C65H87N25O30P6S6. The number of nitrogen functional groups attached to an aromatic ring is 5. The Kier molecular flexibility index (Phi) is 28.5. The fourth-order valence-corrected chi connectivity index (χ4v) is 25.0. The summed E-state index contributed by atoms with van der Waals surface area (Å²) in [5, 5.41) is 10.5. The van der Waals surface area contributed by atoms with Crippen LogP contribution in [0.1, 0.15) is 89.5 Å². The number of anilines is 5. The Morgan fingerprint density at radius 1 is 0.394 bits per heavy atom. The lowest BCUT2D eigenvalue weighted by molar-refractivity contribution is -0.0574. The highest BCUT2D eigenvalue weighted by Crippen LogP contribution is 2.59. The van der Waals surface area contributed by atoms with Crippen molar-refractivity contribution in [3.05, 3.63) is 114 Å². The quantitative estimate of drug-likeness (QED) is 0.0234. The number of hydrogen-bond donors (Lipinski definition) is 16. The van der Waals surface area contributed by atoms with Crippen LogP contribution < -0.4 is 56.7 Å². The van der Waals surface area contributed by atoms with Crippen molar-refractivity contribution in [2.45, 2.75) is 166 Å². The second kappa shape index (κ2) is 38.2. The standard InChI is InChI=1S/C65H87N25O30P6S6/c1-23-9-85(64(95)79-47(23)66)58-26(4)43(33(111-58)13-106-125(102,131)120-46-29(7)61(90-22-78-41-53(90)81-63(70)83-56(41)94)114-36(46)16-105-123(100,129)116-42-25(3)57(110-31(42)11-91)86-10-24(2)54(92)84-65(86)96)117-124(101,130)107-15-35-45(28(6)60(113-35)89-21-76-39-49(68)72-18-74-51(39)89)119-126(103,132)108-14-34-44(27(5)59(112-34)88-20-75-38-48(67)71-17-73-50(38)88)118-122(99,128)104-12-32-30(115-121(97,98)127)8-37(109-32)87-19-77-40-52(87)80-62(69)82-55(40)93/h9-10,17-22,25-37,42-46,57-61,91H,8,11-16H2,1-7H3,(H,99,128)(H,100,129)(H,101,130)(H,102,131)(H,103,132)(H2,66,79,95)(H2,67,71,73)(H2,68,72,74)(H,84,92,96)(H2,97,98,127)(H3,69,80,82,93)(H3,70,81,83,94)/t25-,26-,27-,28-,29-,30?,31+,32+,33+,34+,35+,36+,37+,42?,43?,44?,45?,46?,57+,58+,59+,60+,61+,122?,123?,124?,125?,126?/m0/s1. The third-order valence-electron chi connectivity index (χ3n) is 22.8. The van der Waals surface area contributed by atoms with Crippen molar-refractivity contribution in [1.82, 2.24) is 97.2 Å². The summed E-state index contributed by atoms with van der Waals surface area (Å²) in [5.74, 6) is -5.27. The average Bonchev–Trinajstić information content (AvgIpc) is 1.62. The van der Waals surface area contributed by atoms with Gasteiger partial charge in [0.2, 0.25) is 11.9 Å². The molecule has 6 fully saturated rings. The molecule has 0 aliphatic carbocycles. The van der Waals surface area contributed by atoms with Gasteiger partial charge in [0.25, 0.3) is 16.7 Å². The molecule has 28 atom stereocenters. The summed E-state index contributed by atoms with van der Waals surface area (Å²) >= 11 is 33.4. The van der Waals surface area contributed by atoms with E-state index >= 15 is 0 Å². The molecule has 6 saturated heterocycles. The molecule has 132 heavy (non-hydrogen) atoms. The third-order valence-corrected chi connectivity index (χ3v) is 31.4. The number of rotatable bonds is 34. The van der Waals surface area contributed by atoms with Crippen molar-refractivity contribution in [2.24, 2.45) is 29.6 Å². The number of imidazole rings is 4. The van der Waals surface area contributed by atoms with Gasteiger partial charge in [-0.25, -0.2) is 49.5 Å². The van der Waals surface area contributed by atoms with Crippen LogP contribution in [0.4, 0.5) is 29.4 Å². The summed E-state index contributed by atoms with van der Waals surface area (Å²) in [6.45, 7) is -20.8. The molecule has 10 aromatic rings. The molecule has 67 heteroatoms. The maximum absolute atomic E-state index is 13.8. The van der Waals surface area contributed by atoms with Gasteiger partial charge < -0.3 is 146 Å². The number of aromatic amines is 3. The first kappa shape index (κ1) is 98.3. The van der Waals surface area contributed by atoms with Crippen molar-refractivity contribution in [3.8, 4) is 0 Å². The van der Waals surface area contributed by atoms with E-state index in [1.165, 1.54) is 75.5 Å². The molecule has 16 heterocycles. The van der Waals surface area contributed by atoms with Crippen LogP contribution >= 0.6 is 40.3 Å². The largest absolute Gasteiger partial charge is 0.394 e. The van der Waals surface area contributed by atoms with Gasteiger partial charge in [0.05, 0.1) is 71.1 Å². The molecule has 10 aromatic heterocycles. The zero-order chi connectivity index (χ0) is 94.8. The molecule has 0 bridgehead atoms. The number of hydrogen-bond acceptors (Lipinski definition) is 45. The number of nitrogens with zero attached hydrogens (tertiary/aromatic N) is 17. The molecule has 6 aliphatic rings. The normalized spacial score (nSPS) is 31.1. The minimum absolute atomic E-state index is 0.00103. The van der Waals surface area contributed by atoms with E-state index in [0.29, 0.717) is 5.56 Å². The lowest BCUT2D eigenvalue weighted by atomic mass is 10.0. The van der Waals surface area contributed by atoms with Crippen LogP contribution in [0, 0.1) is 43.4 Å². The topological polar surface area (TPSA) is 753 Å². The number of aliphatic hydroxyl groups is 1. The third kappa shape index (κ3) is 20.6. The molecule has 21 N–H and O–H groups in total. The number of nitrogens with one attached hydrogen (secondary N) is 3. The van der Waals surface area contributed by atoms with Crippen LogP contribution in [0.3, 0.4) is 0 Å². The van der Waals surface area contributed by atoms with Gasteiger partial charge in [-0.2, -0.15) is 15.0 Å². The summed E-state index contributed by atoms with van der Waals surface area (Å²) in [4.78, 5) is 200. The first-order chi connectivity index (χ1) is 62.1. The highest BCUT2D eigenvalue weighted by atomic mass is 32.5. The molecule has 0 radical (unpaired) electrons. The van der Waals surface area contributed by atoms with E-state index in [0.717, 1.165) is 9.13 Å². The summed E-state index contributed by atoms with van der Waals surface area (Å²) in [6.07, 6.45) is -13.3. The van der Waals surface area contributed by atoms with Crippen molar-refractivity contribution < 1.29 is 118 Å². The van der Waals surface area contributed by atoms with Crippen molar-refractivity contribution in [2.75, 3.05) is 68.3 Å². The van der Waals surface area contributed by atoms with Crippen molar-refractivity contribution >= 4 is 185 Å². The van der Waals surface area contributed by atoms with Crippen molar-refractivity contribution in [1.29, 1.82) is 0 Å². The number of aryl methyl sites for hydroxylation is 2. The number of aromatic nitrogens is 20. The molecule has 0 aromatic carbocycles. The highest BCUT2D eigenvalue weighted by molar-refractivity contribution is 8.08. The monoisotopic (exact) mass is 2080 g/mol. The van der Waals surface area contributed by atoms with E-state index in [9.17, 15) is 63.3 Å². The minimum Gasteiger partial charge on any atom is -0.394 e. The Balaban J connectivity index is 0.636. The Hall–Kier alpha value is -6.74. The van der Waals surface area contributed by atoms with E-state index < -0.39 is 248 Å². The van der Waals surface area contributed by atoms with Gasteiger partial charge >= 0.3 is 51.7 Å². The van der Waals surface area contributed by atoms with Gasteiger partial charge in [-0.15, -0.1) is 0 Å². The maximum atomic E-state index is 13.8. The van der Waals surface area contributed by atoms with Crippen LogP contribution in [-0.4, -0.2) is 249 Å². The Labute approximate surface area is 772 Å². The Morgan fingerprint density at radius 3 is 1.14 bits per heavy atom. The molecule has 6 aliphatic heterocycles. The Morgan fingerprint density at radius 2 is 0.735 bits per heavy atom. The fraction of sp³-hybridized carbons (Fsp3) is 0.569. The SMILES string of the molecule is Cc1cn([C@@H]2O[C@H](COP(O)(=S)OC3[C@@H](COP(O)(=S)OC4[C@@H](CO)O[C@@H](n5cc(C)c(=O)[nH]c5=O)[C@H]4C)O[C@@H](n4cnc5c(=O)[nH]c(N)nc54)[C@H]3C)C(OP(O)(=S)OC[C@H]3O[C@@H](n4cnc5c(N)ncnc54)[C@@H](C)C3OP(O)(=S)OC[C@H]3O[C@@H](n4cnc5c(N)ncnc54)[C@@H](C)C3OP(O)(=S)OC[C@H]3O[C@@H](n4cnc5c(=O)[nH]c(N)nc54)CC3OP(O)(O)=S)[C@@H]2C)c(=O)nc1N. The number of H-pyrrole nitrogens is 3. The summed E-state index contributed by atoms with van der Waals surface area (Å²) in [6, 6.07) is 0. The van der Waals surface area contributed by atoms with Crippen LogP contribution in [0.15, 0.2) is 74.3 Å². The van der Waals surface area contributed by atoms with E-state index in [4.69, 9.17) is 178 Å². The zero-order valence-electron chi connectivity index (χ0n) is 69.5. The summed E-state index contributed by atoms with van der Waals surface area (Å²) in [7, 11) is 0. The van der Waals surface area contributed by atoms with Gasteiger partial charge in [0.15, 0.2) is 45.3 Å². The van der Waals surface area contributed by atoms with Gasteiger partial charge in [0, 0.05) is 59.5 Å². The average molecular weight is 2080 g/mol. The van der Waals surface area contributed by atoms with Gasteiger partial charge in [-0.05, 0) is 84.7 Å². The van der Waals surface area contributed by atoms with Crippen molar-refractivity contribution in [3.63, 3.8) is 0 Å². The zero-order valence-corrected chi connectivity index (χ0v) is 79.8. The molecular weight excluding hydrogens is 1990 g/mol. The maximum Gasteiger partial charge on any atom is 0.351 e. The lowest BCUT2D eigenvalue weighted by Crippen LogP contribution is -2.36.